The molecular formula is C6H6KNO3. The quantitative estimate of drug-likeness (QED) is 0.391. The third-order valence-electron chi connectivity index (χ3n) is 1.04. The summed E-state index contributed by atoms with van der Waals surface area (Å²) < 4.78 is 0. The fourth-order valence-electron chi connectivity index (χ4n) is 0.607. The first-order valence-electron chi connectivity index (χ1n) is 2.63. The zero-order chi connectivity index (χ0) is 7.56. The average Bonchev–Trinajstić information content (AvgIpc) is 1.88. The van der Waals surface area contributed by atoms with Gasteiger partial charge in [0, 0.05) is 6.07 Å². The molecule has 1 aromatic carbocycles. The van der Waals surface area contributed by atoms with E-state index in [0.717, 1.165) is 6.07 Å². The summed E-state index contributed by atoms with van der Waals surface area (Å²) in [4.78, 5) is 9.49. The van der Waals surface area contributed by atoms with Gasteiger partial charge in [-0.2, -0.15) is 0 Å². The normalized spacial score (nSPS) is 8.36. The molecule has 1 aromatic rings. The Kier molecular flexibility index (Phi) is 4.86. The number of phenols is 1. The third kappa shape index (κ3) is 3.30. The number of hydrogen-bond donors (Lipinski definition) is 1. The molecule has 0 fully saturated rings. The van der Waals surface area contributed by atoms with Crippen LogP contribution in [0.2, 0.25) is 0 Å². The number of non-ortho nitro benzene ring substituents is 1. The van der Waals surface area contributed by atoms with Gasteiger partial charge in [-0.3, -0.25) is 10.1 Å². The van der Waals surface area contributed by atoms with Gasteiger partial charge in [0.15, 0.2) is 0 Å². The Hall–Kier alpha value is 0.0564. The molecule has 0 radical (unpaired) electrons. The van der Waals surface area contributed by atoms with Crippen molar-refractivity contribution in [3.63, 3.8) is 0 Å². The second kappa shape index (κ2) is 4.84. The van der Waals surface area contributed by atoms with Crippen LogP contribution in [-0.2, 0) is 0 Å². The number of aromatic hydroxyl groups is 1. The van der Waals surface area contributed by atoms with Crippen LogP contribution in [0.1, 0.15) is 0 Å². The molecule has 0 saturated carbocycles. The minimum atomic E-state index is -0.556. The zero-order valence-electron chi connectivity index (χ0n) is 5.02. The predicted octanol–water partition coefficient (Wildman–Crippen LogP) is 0.652. The first-order chi connectivity index (χ1) is 4.70. The van der Waals surface area contributed by atoms with Crippen molar-refractivity contribution >= 4 is 57.1 Å². The van der Waals surface area contributed by atoms with Crippen molar-refractivity contribution < 1.29 is 10.0 Å². The van der Waals surface area contributed by atoms with E-state index in [9.17, 15) is 10.1 Å². The van der Waals surface area contributed by atoms with Crippen LogP contribution in [0.25, 0.3) is 0 Å². The van der Waals surface area contributed by atoms with Gasteiger partial charge >= 0.3 is 51.4 Å². The standard InChI is InChI=1S/C6H5NO3.K.H/c8-6-3-1-2-5(4-6)7(9)10;;/h1-4,8H;;. The zero-order valence-corrected chi connectivity index (χ0v) is 5.02. The maximum atomic E-state index is 10.0. The van der Waals surface area contributed by atoms with Crippen molar-refractivity contribution in [2.75, 3.05) is 0 Å². The van der Waals surface area contributed by atoms with Crippen molar-refractivity contribution in [3.05, 3.63) is 34.4 Å². The number of phenolic OH excluding ortho intramolecular Hbond substituents is 1. The number of nitrogens with zero attached hydrogens (tertiary/aromatic N) is 1. The van der Waals surface area contributed by atoms with Crippen molar-refractivity contribution in [2.24, 2.45) is 0 Å². The molecule has 1 rings (SSSR count). The molecule has 0 aliphatic heterocycles. The Morgan fingerprint density at radius 1 is 1.45 bits per heavy atom. The molecule has 54 valence electrons. The third-order valence-corrected chi connectivity index (χ3v) is 1.04. The van der Waals surface area contributed by atoms with Gasteiger partial charge < -0.3 is 5.11 Å². The molecule has 5 heteroatoms. The number of hydrogen-bond acceptors (Lipinski definition) is 3. The SMILES string of the molecule is O=[N+]([O-])c1cccc(O)c1.[KH]. The van der Waals surface area contributed by atoms with Gasteiger partial charge in [0.05, 0.1) is 11.0 Å². The van der Waals surface area contributed by atoms with E-state index in [2.05, 4.69) is 0 Å². The summed E-state index contributed by atoms with van der Waals surface area (Å²) in [5.41, 5.74) is -0.0972. The second-order valence-electron chi connectivity index (χ2n) is 1.78. The van der Waals surface area contributed by atoms with Crippen LogP contribution < -0.4 is 0 Å². The van der Waals surface area contributed by atoms with Crippen molar-refractivity contribution in [3.8, 4) is 5.75 Å². The van der Waals surface area contributed by atoms with E-state index in [1.807, 2.05) is 0 Å². The van der Waals surface area contributed by atoms with Crippen LogP contribution in [0.15, 0.2) is 24.3 Å². The van der Waals surface area contributed by atoms with Gasteiger partial charge in [0.2, 0.25) is 0 Å². The molecule has 0 heterocycles. The Morgan fingerprint density at radius 3 is 2.45 bits per heavy atom. The molecule has 4 nitrogen and oxygen atoms in total. The first kappa shape index (κ1) is 11.1. The van der Waals surface area contributed by atoms with Crippen LogP contribution in [0.3, 0.4) is 0 Å². The van der Waals surface area contributed by atoms with Crippen LogP contribution in [-0.4, -0.2) is 61.4 Å². The molecule has 0 aromatic heterocycles. The molecule has 0 saturated heterocycles. The van der Waals surface area contributed by atoms with E-state index in [0.29, 0.717) is 0 Å². The summed E-state index contributed by atoms with van der Waals surface area (Å²) in [5, 5.41) is 18.8. The van der Waals surface area contributed by atoms with E-state index in [1.54, 1.807) is 0 Å². The number of rotatable bonds is 1. The van der Waals surface area contributed by atoms with Crippen LogP contribution >= 0.6 is 0 Å². The molecule has 0 atom stereocenters. The number of nitro groups is 1. The number of nitro benzene ring substituents is 1. The van der Waals surface area contributed by atoms with Crippen molar-refractivity contribution in [1.29, 1.82) is 0 Å². The Morgan fingerprint density at radius 2 is 2.09 bits per heavy atom. The van der Waals surface area contributed by atoms with Gasteiger partial charge in [-0.1, -0.05) is 6.07 Å². The van der Waals surface area contributed by atoms with Crippen LogP contribution in [0, 0.1) is 10.1 Å². The summed E-state index contributed by atoms with van der Waals surface area (Å²) in [6, 6.07) is 5.22. The summed E-state index contributed by atoms with van der Waals surface area (Å²) in [6.45, 7) is 0. The maximum absolute atomic E-state index is 10.0. The van der Waals surface area contributed by atoms with Crippen LogP contribution in [0.4, 0.5) is 5.69 Å². The van der Waals surface area contributed by atoms with Crippen molar-refractivity contribution in [2.45, 2.75) is 0 Å². The molecule has 1 N–H and O–H groups in total. The monoisotopic (exact) mass is 179 g/mol. The molecule has 0 unspecified atom stereocenters. The van der Waals surface area contributed by atoms with Crippen molar-refractivity contribution in [1.82, 2.24) is 0 Å². The molecule has 0 bridgehead atoms. The van der Waals surface area contributed by atoms with Gasteiger partial charge in [0.1, 0.15) is 5.75 Å². The summed E-state index contributed by atoms with van der Waals surface area (Å²) in [5.74, 6) is -0.0887. The predicted molar refractivity (Wildman–Crippen MR) is 41.9 cm³/mol. The Labute approximate surface area is 106 Å². The van der Waals surface area contributed by atoms with E-state index >= 15 is 0 Å². The van der Waals surface area contributed by atoms with Gasteiger partial charge in [0.25, 0.3) is 5.69 Å². The minimum absolute atomic E-state index is 0. The molecule has 0 spiro atoms. The molecule has 11 heavy (non-hydrogen) atoms. The van der Waals surface area contributed by atoms with Gasteiger partial charge in [-0.15, -0.1) is 0 Å². The summed E-state index contributed by atoms with van der Waals surface area (Å²) in [6.07, 6.45) is 0. The molecule has 0 aliphatic carbocycles. The Balaban J connectivity index is 0.000001000. The Bertz CT molecular complexity index is 264. The summed E-state index contributed by atoms with van der Waals surface area (Å²) in [7, 11) is 0. The molecule has 0 aliphatic rings. The number of benzene rings is 1. The molecule has 0 amide bonds. The molecular weight excluding hydrogens is 173 g/mol. The summed E-state index contributed by atoms with van der Waals surface area (Å²) >= 11 is 0. The average molecular weight is 179 g/mol. The van der Waals surface area contributed by atoms with Crippen LogP contribution in [0.5, 0.6) is 5.75 Å². The van der Waals surface area contributed by atoms with E-state index in [4.69, 9.17) is 5.11 Å². The first-order valence-corrected chi connectivity index (χ1v) is 2.63. The second-order valence-corrected chi connectivity index (χ2v) is 1.78. The van der Waals surface area contributed by atoms with E-state index in [-0.39, 0.29) is 62.8 Å². The van der Waals surface area contributed by atoms with E-state index in [1.165, 1.54) is 18.2 Å². The topological polar surface area (TPSA) is 63.4 Å². The van der Waals surface area contributed by atoms with Gasteiger partial charge in [-0.25, -0.2) is 0 Å². The van der Waals surface area contributed by atoms with Gasteiger partial charge in [-0.05, 0) is 6.07 Å². The fraction of sp³-hybridized carbons (Fsp3) is 0. The fourth-order valence-corrected chi connectivity index (χ4v) is 0.607. The van der Waals surface area contributed by atoms with E-state index < -0.39 is 4.92 Å².